The summed E-state index contributed by atoms with van der Waals surface area (Å²) in [7, 11) is -1.69. The lowest BCUT2D eigenvalue weighted by Gasteiger charge is -2.12. The van der Waals surface area contributed by atoms with Crippen molar-refractivity contribution >= 4 is 27.1 Å². The number of thiophene rings is 1. The number of amides is 1. The van der Waals surface area contributed by atoms with Gasteiger partial charge in [-0.05, 0) is 23.9 Å². The second-order valence-electron chi connectivity index (χ2n) is 5.03. The number of hydrogen-bond donors (Lipinski definition) is 1. The molecule has 0 saturated carbocycles. The quantitative estimate of drug-likeness (QED) is 0.846. The molecule has 7 nitrogen and oxygen atoms in total. The summed E-state index contributed by atoms with van der Waals surface area (Å²) in [6.45, 7) is 0. The second-order valence-corrected chi connectivity index (χ2v) is 8.21. The van der Waals surface area contributed by atoms with Crippen molar-refractivity contribution in [3.63, 3.8) is 0 Å². The Morgan fingerprint density at radius 3 is 2.95 bits per heavy atom. The maximum absolute atomic E-state index is 11.9. The minimum atomic E-state index is -3.03. The monoisotopic (exact) mass is 341 g/mol. The summed E-state index contributed by atoms with van der Waals surface area (Å²) >= 11 is 1.51. The van der Waals surface area contributed by atoms with Gasteiger partial charge in [-0.2, -0.15) is 5.10 Å². The molecule has 1 fully saturated rings. The molecule has 1 N–H and O–H groups in total. The molecule has 118 valence electrons. The molecule has 0 aromatic carbocycles. The molecule has 1 unspecified atom stereocenters. The van der Waals surface area contributed by atoms with E-state index in [1.807, 2.05) is 17.5 Å². The maximum atomic E-state index is 11.9. The first-order valence-corrected chi connectivity index (χ1v) is 9.37. The van der Waals surface area contributed by atoms with Crippen molar-refractivity contribution in [2.45, 2.75) is 12.5 Å². The fourth-order valence-corrected chi connectivity index (χ4v) is 4.93. The van der Waals surface area contributed by atoms with Gasteiger partial charge in [-0.1, -0.05) is 6.07 Å². The summed E-state index contributed by atoms with van der Waals surface area (Å²) in [5.41, 5.74) is 3.18. The molecule has 22 heavy (non-hydrogen) atoms. The Bertz CT molecular complexity index is 780. The van der Waals surface area contributed by atoms with Crippen LogP contribution in [0.3, 0.4) is 0 Å². The van der Waals surface area contributed by atoms with Crippen LogP contribution >= 0.6 is 11.3 Å². The van der Waals surface area contributed by atoms with Gasteiger partial charge in [-0.15, -0.1) is 11.3 Å². The highest BCUT2D eigenvalue weighted by Crippen LogP contribution is 2.32. The lowest BCUT2D eigenvalue weighted by molar-refractivity contribution is 0.0531. The summed E-state index contributed by atoms with van der Waals surface area (Å²) in [4.78, 5) is 17.4. The van der Waals surface area contributed by atoms with E-state index in [0.29, 0.717) is 6.42 Å². The van der Waals surface area contributed by atoms with Crippen LogP contribution in [-0.4, -0.2) is 42.7 Å². The summed E-state index contributed by atoms with van der Waals surface area (Å²) in [5.74, 6) is -0.251. The number of nitrogens with zero attached hydrogens (tertiary/aromatic N) is 2. The predicted molar refractivity (Wildman–Crippen MR) is 82.3 cm³/mol. The van der Waals surface area contributed by atoms with Gasteiger partial charge in [0.25, 0.3) is 5.91 Å². The van der Waals surface area contributed by atoms with Gasteiger partial charge in [0.15, 0.2) is 15.5 Å². The first-order valence-electron chi connectivity index (χ1n) is 6.67. The molecule has 0 bridgehead atoms. The molecule has 1 atom stereocenters. The van der Waals surface area contributed by atoms with E-state index < -0.39 is 15.7 Å². The molecule has 1 aliphatic rings. The van der Waals surface area contributed by atoms with E-state index in [1.165, 1.54) is 18.4 Å². The van der Waals surface area contributed by atoms with Gasteiger partial charge in [-0.25, -0.2) is 13.9 Å². The number of nitrogens with one attached hydrogen (secondary N) is 1. The Morgan fingerprint density at radius 2 is 2.36 bits per heavy atom. The van der Waals surface area contributed by atoms with Crippen LogP contribution in [0.15, 0.2) is 23.6 Å². The highest BCUT2D eigenvalue weighted by molar-refractivity contribution is 7.91. The zero-order chi connectivity index (χ0) is 15.7. The minimum Gasteiger partial charge on any atom is -0.277 e. The standard InChI is InChI=1S/C13H15N3O4S2/c1-20-15-13(17)10-7-11(12-3-2-5-21-12)16(14-10)9-4-6-22(18,19)8-9/h2-3,5,7,9H,4,6,8H2,1H3,(H,15,17). The van der Waals surface area contributed by atoms with E-state index in [9.17, 15) is 13.2 Å². The topological polar surface area (TPSA) is 90.3 Å². The van der Waals surface area contributed by atoms with Gasteiger partial charge >= 0.3 is 0 Å². The van der Waals surface area contributed by atoms with Crippen molar-refractivity contribution in [3.05, 3.63) is 29.3 Å². The van der Waals surface area contributed by atoms with Crippen molar-refractivity contribution in [1.29, 1.82) is 0 Å². The molecule has 2 aromatic heterocycles. The molecule has 2 aromatic rings. The lowest BCUT2D eigenvalue weighted by Crippen LogP contribution is -2.23. The van der Waals surface area contributed by atoms with Crippen molar-refractivity contribution in [1.82, 2.24) is 15.3 Å². The van der Waals surface area contributed by atoms with Gasteiger partial charge in [-0.3, -0.25) is 14.3 Å². The maximum Gasteiger partial charge on any atom is 0.295 e. The summed E-state index contributed by atoms with van der Waals surface area (Å²) < 4.78 is 25.1. The number of sulfone groups is 1. The number of hydroxylamine groups is 1. The second kappa shape index (κ2) is 5.82. The van der Waals surface area contributed by atoms with Gasteiger partial charge in [0.1, 0.15) is 0 Å². The zero-order valence-corrected chi connectivity index (χ0v) is 13.5. The van der Waals surface area contributed by atoms with Crippen LogP contribution in [0.4, 0.5) is 0 Å². The smallest absolute Gasteiger partial charge is 0.277 e. The molecule has 3 heterocycles. The molecular formula is C13H15N3O4S2. The molecule has 0 aliphatic carbocycles. The number of rotatable bonds is 4. The van der Waals surface area contributed by atoms with E-state index >= 15 is 0 Å². The van der Waals surface area contributed by atoms with Gasteiger partial charge in [0.2, 0.25) is 0 Å². The van der Waals surface area contributed by atoms with Crippen molar-refractivity contribution in [3.8, 4) is 10.6 Å². The highest BCUT2D eigenvalue weighted by Gasteiger charge is 2.32. The van der Waals surface area contributed by atoms with Gasteiger partial charge in [0.05, 0.1) is 35.2 Å². The predicted octanol–water partition coefficient (Wildman–Crippen LogP) is 1.26. The van der Waals surface area contributed by atoms with E-state index in [1.54, 1.807) is 10.7 Å². The van der Waals surface area contributed by atoms with E-state index in [4.69, 9.17) is 0 Å². The molecule has 1 aliphatic heterocycles. The number of hydrogen-bond acceptors (Lipinski definition) is 6. The van der Waals surface area contributed by atoms with Crippen LogP contribution in [-0.2, 0) is 14.7 Å². The fraction of sp³-hybridized carbons (Fsp3) is 0.385. The first kappa shape index (κ1) is 15.2. The normalized spacial score (nSPS) is 20.1. The lowest BCUT2D eigenvalue weighted by atomic mass is 10.2. The SMILES string of the molecule is CONC(=O)c1cc(-c2cccs2)n(C2CCS(=O)(=O)C2)n1. The Kier molecular flexibility index (Phi) is 4.02. The number of carbonyl (C=O) groups is 1. The third-order valence-electron chi connectivity index (χ3n) is 3.49. The molecule has 9 heteroatoms. The Morgan fingerprint density at radius 1 is 1.55 bits per heavy atom. The Balaban J connectivity index is 2.02. The Labute approximate surface area is 131 Å². The van der Waals surface area contributed by atoms with Crippen molar-refractivity contribution < 1.29 is 18.0 Å². The van der Waals surface area contributed by atoms with Crippen LogP contribution in [0.25, 0.3) is 10.6 Å². The average molecular weight is 341 g/mol. The van der Waals surface area contributed by atoms with Crippen LogP contribution in [0.1, 0.15) is 23.0 Å². The zero-order valence-electron chi connectivity index (χ0n) is 11.9. The summed E-state index contributed by atoms with van der Waals surface area (Å²) in [5, 5.41) is 6.22. The molecule has 1 saturated heterocycles. The first-order chi connectivity index (χ1) is 10.5. The average Bonchev–Trinajstić information content (AvgIpc) is 3.15. The van der Waals surface area contributed by atoms with Crippen LogP contribution < -0.4 is 5.48 Å². The number of carbonyl (C=O) groups excluding carboxylic acids is 1. The minimum absolute atomic E-state index is 0.0540. The summed E-state index contributed by atoms with van der Waals surface area (Å²) in [6.07, 6.45) is 0.508. The third-order valence-corrected chi connectivity index (χ3v) is 6.13. The molecule has 0 radical (unpaired) electrons. The molecule has 3 rings (SSSR count). The van der Waals surface area contributed by atoms with Crippen molar-refractivity contribution in [2.24, 2.45) is 0 Å². The van der Waals surface area contributed by atoms with E-state index in [2.05, 4.69) is 15.4 Å². The van der Waals surface area contributed by atoms with Crippen LogP contribution in [0.5, 0.6) is 0 Å². The van der Waals surface area contributed by atoms with E-state index in [0.717, 1.165) is 10.6 Å². The largest absolute Gasteiger partial charge is 0.295 e. The third kappa shape index (κ3) is 2.92. The molecule has 1 amide bonds. The van der Waals surface area contributed by atoms with Crippen LogP contribution in [0.2, 0.25) is 0 Å². The van der Waals surface area contributed by atoms with Crippen LogP contribution in [0, 0.1) is 0 Å². The van der Waals surface area contributed by atoms with E-state index in [-0.39, 0.29) is 23.2 Å². The highest BCUT2D eigenvalue weighted by atomic mass is 32.2. The Hall–Kier alpha value is -1.71. The molecular weight excluding hydrogens is 326 g/mol. The van der Waals surface area contributed by atoms with Crippen molar-refractivity contribution in [2.75, 3.05) is 18.6 Å². The number of aromatic nitrogens is 2. The summed E-state index contributed by atoms with van der Waals surface area (Å²) in [6, 6.07) is 5.23. The fourth-order valence-electron chi connectivity index (χ4n) is 2.51. The van der Waals surface area contributed by atoms with Gasteiger partial charge in [0, 0.05) is 0 Å². The van der Waals surface area contributed by atoms with Gasteiger partial charge < -0.3 is 0 Å². The molecule has 0 spiro atoms.